The Bertz CT molecular complexity index is 827. The molecular weight excluding hydrogens is 436 g/mol. The lowest BCUT2D eigenvalue weighted by atomic mass is 9.84. The van der Waals surface area contributed by atoms with E-state index in [1.807, 2.05) is 0 Å². The summed E-state index contributed by atoms with van der Waals surface area (Å²) < 4.78 is -0.238. The molecule has 0 amide bonds. The number of benzene rings is 3. The highest BCUT2D eigenvalue weighted by Gasteiger charge is 2.36. The van der Waals surface area contributed by atoms with Crippen molar-refractivity contribution in [3.63, 3.8) is 0 Å². The molecule has 0 aromatic heterocycles. The molecule has 0 atom stereocenters. The fraction of sp³-hybridized carbons (Fsp3) is 0.379. The van der Waals surface area contributed by atoms with Gasteiger partial charge in [-0.2, -0.15) is 0 Å². The van der Waals surface area contributed by atoms with Crippen LogP contribution in [-0.4, -0.2) is 69.6 Å². The molecule has 0 saturated carbocycles. The van der Waals surface area contributed by atoms with Gasteiger partial charge in [-0.3, -0.25) is 4.90 Å². The largest absolute Gasteiger partial charge is 0.314 e. The minimum absolute atomic E-state index is 0.238. The first-order valence-electron chi connectivity index (χ1n) is 12.5. The Morgan fingerprint density at radius 2 is 0.941 bits per heavy atom. The summed E-state index contributed by atoms with van der Waals surface area (Å²) in [6.45, 7) is 9.43. The van der Waals surface area contributed by atoms with Crippen LogP contribution in [0.15, 0.2) is 91.0 Å². The lowest BCUT2D eigenvalue weighted by Gasteiger charge is -2.36. The molecule has 180 valence electrons. The van der Waals surface area contributed by atoms with Gasteiger partial charge >= 0.3 is 0 Å². The molecule has 0 radical (unpaired) electrons. The summed E-state index contributed by atoms with van der Waals surface area (Å²) in [5, 5.41) is 10.6. The molecule has 1 aliphatic rings. The van der Waals surface area contributed by atoms with Crippen LogP contribution in [0.5, 0.6) is 0 Å². The lowest BCUT2D eigenvalue weighted by Crippen LogP contribution is -2.42. The number of nitrogens with one attached hydrogen (secondary N) is 3. The maximum absolute atomic E-state index is 3.59. The molecule has 1 heterocycles. The fourth-order valence-corrected chi connectivity index (χ4v) is 6.20. The average Bonchev–Trinajstić information content (AvgIpc) is 2.89. The number of hydrogen-bond acceptors (Lipinski definition) is 5. The van der Waals surface area contributed by atoms with Crippen LogP contribution in [-0.2, 0) is 4.75 Å². The SMILES string of the molecule is c1ccc(C(SCCN2CCNCCNCCNCC2)(c2ccccc2)c2ccccc2)cc1. The molecule has 3 aromatic carbocycles. The number of thioether (sulfide) groups is 1. The van der Waals surface area contributed by atoms with Crippen molar-refractivity contribution >= 4 is 11.8 Å². The zero-order chi connectivity index (χ0) is 23.3. The standard InChI is InChI=1S/C29H38N4S/c1-4-10-26(11-5-1)29(27-12-6-2-7-13-27,28-14-8-3-9-15-28)34-25-24-33-22-20-31-18-16-30-17-19-32-21-23-33/h1-15,30-32H,16-25H2. The predicted octanol–water partition coefficient (Wildman–Crippen LogP) is 3.80. The van der Waals surface area contributed by atoms with Crippen molar-refractivity contribution in [2.45, 2.75) is 4.75 Å². The van der Waals surface area contributed by atoms with Crippen molar-refractivity contribution in [1.82, 2.24) is 20.9 Å². The van der Waals surface area contributed by atoms with Gasteiger partial charge in [0.2, 0.25) is 0 Å². The quantitative estimate of drug-likeness (QED) is 0.455. The van der Waals surface area contributed by atoms with Crippen LogP contribution in [0.4, 0.5) is 0 Å². The van der Waals surface area contributed by atoms with Crippen LogP contribution in [0.3, 0.4) is 0 Å². The maximum Gasteiger partial charge on any atom is 0.0907 e. The van der Waals surface area contributed by atoms with Crippen LogP contribution in [0.25, 0.3) is 0 Å². The molecule has 3 N–H and O–H groups in total. The number of hydrogen-bond donors (Lipinski definition) is 3. The summed E-state index contributed by atoms with van der Waals surface area (Å²) in [6.07, 6.45) is 0. The average molecular weight is 475 g/mol. The molecule has 4 nitrogen and oxygen atoms in total. The van der Waals surface area contributed by atoms with Gasteiger partial charge in [-0.25, -0.2) is 0 Å². The summed E-state index contributed by atoms with van der Waals surface area (Å²) in [5.41, 5.74) is 4.01. The number of rotatable bonds is 7. The Morgan fingerprint density at radius 1 is 0.559 bits per heavy atom. The normalized spacial score (nSPS) is 16.9. The van der Waals surface area contributed by atoms with Gasteiger partial charge in [0.15, 0.2) is 0 Å². The first-order valence-corrected chi connectivity index (χ1v) is 13.5. The zero-order valence-electron chi connectivity index (χ0n) is 20.1. The van der Waals surface area contributed by atoms with E-state index in [0.29, 0.717) is 0 Å². The Morgan fingerprint density at radius 3 is 1.35 bits per heavy atom. The minimum Gasteiger partial charge on any atom is -0.314 e. The second-order valence-electron chi connectivity index (χ2n) is 8.72. The molecule has 34 heavy (non-hydrogen) atoms. The highest BCUT2D eigenvalue weighted by atomic mass is 32.2. The summed E-state index contributed by atoms with van der Waals surface area (Å²) in [6, 6.07) is 33.0. The van der Waals surface area contributed by atoms with E-state index in [2.05, 4.69) is 124 Å². The van der Waals surface area contributed by atoms with Crippen LogP contribution in [0.1, 0.15) is 16.7 Å². The van der Waals surface area contributed by atoms with E-state index in [4.69, 9.17) is 0 Å². The summed E-state index contributed by atoms with van der Waals surface area (Å²) in [7, 11) is 0. The van der Waals surface area contributed by atoms with Crippen LogP contribution in [0, 0.1) is 0 Å². The molecule has 1 saturated heterocycles. The Hall–Kier alpha value is -2.15. The van der Waals surface area contributed by atoms with Crippen molar-refractivity contribution in [2.24, 2.45) is 0 Å². The van der Waals surface area contributed by atoms with Gasteiger partial charge in [0.25, 0.3) is 0 Å². The molecule has 1 fully saturated rings. The predicted molar refractivity (Wildman–Crippen MR) is 147 cm³/mol. The van der Waals surface area contributed by atoms with E-state index in [1.165, 1.54) is 16.7 Å². The minimum atomic E-state index is -0.238. The van der Waals surface area contributed by atoms with Crippen molar-refractivity contribution in [3.05, 3.63) is 108 Å². The van der Waals surface area contributed by atoms with Gasteiger partial charge in [0.05, 0.1) is 4.75 Å². The van der Waals surface area contributed by atoms with Crippen LogP contribution < -0.4 is 16.0 Å². The van der Waals surface area contributed by atoms with Gasteiger partial charge in [-0.1, -0.05) is 91.0 Å². The summed E-state index contributed by atoms with van der Waals surface area (Å²) in [5.74, 6) is 1.06. The van der Waals surface area contributed by atoms with E-state index in [0.717, 1.165) is 64.7 Å². The van der Waals surface area contributed by atoms with Crippen molar-refractivity contribution in [3.8, 4) is 0 Å². The van der Waals surface area contributed by atoms with Crippen LogP contribution in [0.2, 0.25) is 0 Å². The highest BCUT2D eigenvalue weighted by Crippen LogP contribution is 2.48. The first kappa shape index (κ1) is 25.0. The lowest BCUT2D eigenvalue weighted by molar-refractivity contribution is 0.286. The van der Waals surface area contributed by atoms with Crippen LogP contribution >= 0.6 is 11.8 Å². The van der Waals surface area contributed by atoms with Gasteiger partial charge in [0.1, 0.15) is 0 Å². The Balaban J connectivity index is 1.56. The Kier molecular flexibility index (Phi) is 10.0. The number of nitrogens with zero attached hydrogens (tertiary/aromatic N) is 1. The maximum atomic E-state index is 3.59. The summed E-state index contributed by atoms with van der Waals surface area (Å²) >= 11 is 2.06. The molecule has 0 aliphatic carbocycles. The fourth-order valence-electron chi connectivity index (χ4n) is 4.63. The molecular formula is C29H38N4S. The molecule has 0 spiro atoms. The van der Waals surface area contributed by atoms with Gasteiger partial charge in [-0.15, -0.1) is 11.8 Å². The topological polar surface area (TPSA) is 39.3 Å². The summed E-state index contributed by atoms with van der Waals surface area (Å²) in [4.78, 5) is 2.60. The molecule has 1 aliphatic heterocycles. The third-order valence-electron chi connectivity index (χ3n) is 6.43. The molecule has 4 rings (SSSR count). The Labute approximate surface area is 209 Å². The zero-order valence-corrected chi connectivity index (χ0v) is 20.9. The van der Waals surface area contributed by atoms with E-state index < -0.39 is 0 Å². The van der Waals surface area contributed by atoms with Gasteiger partial charge in [-0.05, 0) is 16.7 Å². The molecule has 0 unspecified atom stereocenters. The molecule has 3 aromatic rings. The monoisotopic (exact) mass is 474 g/mol. The van der Waals surface area contributed by atoms with Gasteiger partial charge < -0.3 is 16.0 Å². The third kappa shape index (κ3) is 6.71. The van der Waals surface area contributed by atoms with Crippen molar-refractivity contribution in [1.29, 1.82) is 0 Å². The van der Waals surface area contributed by atoms with E-state index in [9.17, 15) is 0 Å². The van der Waals surface area contributed by atoms with E-state index in [1.54, 1.807) is 0 Å². The smallest absolute Gasteiger partial charge is 0.0907 e. The second-order valence-corrected chi connectivity index (χ2v) is 10.0. The van der Waals surface area contributed by atoms with E-state index in [-0.39, 0.29) is 4.75 Å². The third-order valence-corrected chi connectivity index (χ3v) is 7.96. The van der Waals surface area contributed by atoms with Crippen molar-refractivity contribution < 1.29 is 0 Å². The molecule has 0 bridgehead atoms. The van der Waals surface area contributed by atoms with Crippen molar-refractivity contribution in [2.75, 3.05) is 64.7 Å². The van der Waals surface area contributed by atoms with E-state index >= 15 is 0 Å². The molecule has 5 heteroatoms. The van der Waals surface area contributed by atoms with Gasteiger partial charge in [0, 0.05) is 64.7 Å². The first-order chi connectivity index (χ1) is 16.9. The second kappa shape index (κ2) is 13.7. The highest BCUT2D eigenvalue weighted by molar-refractivity contribution is 8.00.